The van der Waals surface area contributed by atoms with Crippen LogP contribution in [0.4, 0.5) is 25.1 Å². The van der Waals surface area contributed by atoms with Gasteiger partial charge in [-0.1, -0.05) is 0 Å². The summed E-state index contributed by atoms with van der Waals surface area (Å²) in [6.07, 6.45) is 0. The molecule has 1 saturated heterocycles. The second-order valence-corrected chi connectivity index (χ2v) is 7.37. The van der Waals surface area contributed by atoms with E-state index in [1.54, 1.807) is 19.1 Å². The number of benzene rings is 2. The lowest BCUT2D eigenvalue weighted by Gasteiger charge is -2.35. The Morgan fingerprint density at radius 2 is 1.73 bits per heavy atom. The first-order chi connectivity index (χ1) is 16.0. The first kappa shape index (κ1) is 22.3. The fourth-order valence-corrected chi connectivity index (χ4v) is 3.58. The van der Waals surface area contributed by atoms with Crippen LogP contribution in [0.1, 0.15) is 0 Å². The summed E-state index contributed by atoms with van der Waals surface area (Å²) < 4.78 is 37.5. The third-order valence-corrected chi connectivity index (χ3v) is 5.40. The highest BCUT2D eigenvalue weighted by atomic mass is 19.1. The van der Waals surface area contributed by atoms with Crippen molar-refractivity contribution >= 4 is 17.5 Å². The Morgan fingerprint density at radius 1 is 0.939 bits per heavy atom. The van der Waals surface area contributed by atoms with Crippen LogP contribution in [0.3, 0.4) is 0 Å². The molecular formula is C23H23F2N5O3. The molecule has 8 nitrogen and oxygen atoms in total. The molecule has 0 aliphatic carbocycles. The van der Waals surface area contributed by atoms with Crippen LogP contribution in [0.15, 0.2) is 48.5 Å². The minimum absolute atomic E-state index is 0.0572. The lowest BCUT2D eigenvalue weighted by molar-refractivity contribution is 0.208. The number of anilines is 2. The summed E-state index contributed by atoms with van der Waals surface area (Å²) in [4.78, 5) is 16.0. The largest absolute Gasteiger partial charge is 0.497 e. The number of hydrogen-bond acceptors (Lipinski definition) is 6. The normalized spacial score (nSPS) is 13.6. The molecule has 1 aliphatic heterocycles. The number of piperazine rings is 1. The van der Waals surface area contributed by atoms with Crippen LogP contribution in [0.25, 0.3) is 11.3 Å². The zero-order chi connectivity index (χ0) is 23.4. The molecule has 0 radical (unpaired) electrons. The molecule has 0 atom stereocenters. The monoisotopic (exact) mass is 455 g/mol. The second-order valence-electron chi connectivity index (χ2n) is 7.37. The third kappa shape index (κ3) is 4.94. The molecule has 3 aromatic rings. The second kappa shape index (κ2) is 9.68. The van der Waals surface area contributed by atoms with Gasteiger partial charge in [-0.2, -0.15) is 0 Å². The average Bonchev–Trinajstić information content (AvgIpc) is 2.85. The molecule has 172 valence electrons. The third-order valence-electron chi connectivity index (χ3n) is 5.40. The molecule has 0 unspecified atom stereocenters. The fraction of sp³-hybridized carbons (Fsp3) is 0.261. The van der Waals surface area contributed by atoms with E-state index in [-0.39, 0.29) is 5.69 Å². The van der Waals surface area contributed by atoms with Crippen LogP contribution in [0.2, 0.25) is 0 Å². The van der Waals surface area contributed by atoms with Gasteiger partial charge in [0.2, 0.25) is 0 Å². The summed E-state index contributed by atoms with van der Waals surface area (Å²) in [7, 11) is 3.18. The summed E-state index contributed by atoms with van der Waals surface area (Å²) in [6.45, 7) is 1.91. The summed E-state index contributed by atoms with van der Waals surface area (Å²) in [6, 6.07) is 11.8. The van der Waals surface area contributed by atoms with Crippen LogP contribution < -0.4 is 19.7 Å². The van der Waals surface area contributed by atoms with Crippen LogP contribution in [0.5, 0.6) is 11.5 Å². The van der Waals surface area contributed by atoms with E-state index in [0.717, 1.165) is 17.7 Å². The Hall–Kier alpha value is -3.95. The van der Waals surface area contributed by atoms with Crippen LogP contribution in [-0.4, -0.2) is 61.5 Å². The molecule has 33 heavy (non-hydrogen) atoms. The molecule has 0 spiro atoms. The van der Waals surface area contributed by atoms with E-state index in [9.17, 15) is 13.6 Å². The Bertz CT molecular complexity index is 1140. The summed E-state index contributed by atoms with van der Waals surface area (Å²) in [5.74, 6) is 0.521. The van der Waals surface area contributed by atoms with E-state index < -0.39 is 17.7 Å². The topological polar surface area (TPSA) is 79.8 Å². The number of hydrogen-bond donors (Lipinski definition) is 1. The van der Waals surface area contributed by atoms with Gasteiger partial charge in [0.05, 0.1) is 25.6 Å². The molecule has 1 aromatic heterocycles. The van der Waals surface area contributed by atoms with E-state index in [1.165, 1.54) is 6.07 Å². The van der Waals surface area contributed by atoms with Crippen molar-refractivity contribution in [3.8, 4) is 22.8 Å². The van der Waals surface area contributed by atoms with Crippen molar-refractivity contribution in [3.63, 3.8) is 0 Å². The maximum absolute atomic E-state index is 13.8. The van der Waals surface area contributed by atoms with Gasteiger partial charge in [-0.3, -0.25) is 0 Å². The Morgan fingerprint density at radius 3 is 2.36 bits per heavy atom. The van der Waals surface area contributed by atoms with Crippen molar-refractivity contribution in [2.45, 2.75) is 0 Å². The zero-order valence-electron chi connectivity index (χ0n) is 18.2. The molecule has 1 fully saturated rings. The average molecular weight is 455 g/mol. The van der Waals surface area contributed by atoms with E-state index in [4.69, 9.17) is 9.47 Å². The number of nitrogens with one attached hydrogen (secondary N) is 1. The minimum atomic E-state index is -0.815. The Labute approximate surface area is 189 Å². The molecule has 2 heterocycles. The quantitative estimate of drug-likeness (QED) is 0.631. The predicted molar refractivity (Wildman–Crippen MR) is 120 cm³/mol. The number of aromatic nitrogens is 2. The van der Waals surface area contributed by atoms with Crippen LogP contribution in [0, 0.1) is 11.6 Å². The standard InChI is InChI=1S/C23H23F2N5O3/c1-32-16-4-7-21(33-2)17(14-16)19-6-8-22(28-27-19)29-9-11-30(12-10-29)23(31)26-20-5-3-15(24)13-18(20)25/h3-8,13-14H,9-12H2,1-2H3,(H,26,31). The predicted octanol–water partition coefficient (Wildman–Crippen LogP) is 3.79. The number of methoxy groups -OCH3 is 2. The highest BCUT2D eigenvalue weighted by molar-refractivity contribution is 5.89. The molecule has 2 aromatic carbocycles. The van der Waals surface area contributed by atoms with Gasteiger partial charge >= 0.3 is 6.03 Å². The van der Waals surface area contributed by atoms with Gasteiger partial charge in [0.1, 0.15) is 23.1 Å². The van der Waals surface area contributed by atoms with Gasteiger partial charge in [-0.05, 0) is 42.5 Å². The van der Waals surface area contributed by atoms with Crippen LogP contribution >= 0.6 is 0 Å². The maximum Gasteiger partial charge on any atom is 0.322 e. The zero-order valence-corrected chi connectivity index (χ0v) is 18.2. The fourth-order valence-electron chi connectivity index (χ4n) is 3.58. The highest BCUT2D eigenvalue weighted by Crippen LogP contribution is 2.32. The summed E-state index contributed by atoms with van der Waals surface area (Å²) in [5.41, 5.74) is 1.36. The smallest absolute Gasteiger partial charge is 0.322 e. The van der Waals surface area contributed by atoms with E-state index >= 15 is 0 Å². The van der Waals surface area contributed by atoms with Crippen molar-refractivity contribution in [3.05, 3.63) is 60.2 Å². The van der Waals surface area contributed by atoms with Crippen molar-refractivity contribution in [2.75, 3.05) is 50.6 Å². The SMILES string of the molecule is COc1ccc(OC)c(-c2ccc(N3CCN(C(=O)Nc4ccc(F)cc4F)CC3)nn2)c1. The molecule has 1 N–H and O–H groups in total. The maximum atomic E-state index is 13.8. The molecule has 1 aliphatic rings. The number of carbonyl (C=O) groups excluding carboxylic acids is 1. The first-order valence-electron chi connectivity index (χ1n) is 10.3. The van der Waals surface area contributed by atoms with Crippen LogP contribution in [-0.2, 0) is 0 Å². The van der Waals surface area contributed by atoms with Gasteiger partial charge < -0.3 is 24.6 Å². The van der Waals surface area contributed by atoms with Crippen molar-refractivity contribution in [2.24, 2.45) is 0 Å². The van der Waals surface area contributed by atoms with Gasteiger partial charge in [0.15, 0.2) is 5.82 Å². The minimum Gasteiger partial charge on any atom is -0.497 e. The lowest BCUT2D eigenvalue weighted by atomic mass is 10.1. The molecule has 10 heteroatoms. The number of nitrogens with zero attached hydrogens (tertiary/aromatic N) is 4. The summed E-state index contributed by atoms with van der Waals surface area (Å²) in [5, 5.41) is 11.2. The number of ether oxygens (including phenoxy) is 2. The molecular weight excluding hydrogens is 432 g/mol. The van der Waals surface area contributed by atoms with E-state index in [1.807, 2.05) is 35.2 Å². The first-order valence-corrected chi connectivity index (χ1v) is 10.3. The van der Waals surface area contributed by atoms with Gasteiger partial charge in [-0.15, -0.1) is 10.2 Å². The highest BCUT2D eigenvalue weighted by Gasteiger charge is 2.23. The number of amides is 2. The molecule has 4 rings (SSSR count). The van der Waals surface area contributed by atoms with Crippen molar-refractivity contribution < 1.29 is 23.0 Å². The number of urea groups is 1. The van der Waals surface area contributed by atoms with Crippen molar-refractivity contribution in [1.82, 2.24) is 15.1 Å². The number of rotatable bonds is 5. The van der Waals surface area contributed by atoms with E-state index in [0.29, 0.717) is 49.2 Å². The number of halogens is 2. The lowest BCUT2D eigenvalue weighted by Crippen LogP contribution is -2.50. The Balaban J connectivity index is 1.39. The summed E-state index contributed by atoms with van der Waals surface area (Å²) >= 11 is 0. The molecule has 0 saturated carbocycles. The molecule has 0 bridgehead atoms. The Kier molecular flexibility index (Phi) is 6.53. The number of carbonyl (C=O) groups is 1. The van der Waals surface area contributed by atoms with Crippen molar-refractivity contribution in [1.29, 1.82) is 0 Å². The van der Waals surface area contributed by atoms with Gasteiger partial charge in [-0.25, -0.2) is 13.6 Å². The van der Waals surface area contributed by atoms with E-state index in [2.05, 4.69) is 15.5 Å². The van der Waals surface area contributed by atoms with Gasteiger partial charge in [0, 0.05) is 37.8 Å². The molecule has 2 amide bonds. The van der Waals surface area contributed by atoms with Gasteiger partial charge in [0.25, 0.3) is 0 Å².